The van der Waals surface area contributed by atoms with Crippen LogP contribution in [0.1, 0.15) is 38.1 Å². The molecule has 0 saturated heterocycles. The summed E-state index contributed by atoms with van der Waals surface area (Å²) in [5, 5.41) is 4.59. The molecular weight excluding hydrogens is 394 g/mol. The Kier molecular flexibility index (Phi) is 4.63. The number of thiophene rings is 1. The number of hydrogen-bond donors (Lipinski definition) is 1. The molecule has 0 fully saturated rings. The molecule has 2 amide bonds. The highest BCUT2D eigenvalue weighted by molar-refractivity contribution is 7.23. The van der Waals surface area contributed by atoms with E-state index in [2.05, 4.69) is 5.32 Å². The van der Waals surface area contributed by atoms with Crippen LogP contribution in [0.25, 0.3) is 20.8 Å². The fraction of sp³-hybridized carbons (Fsp3) is 0.350. The fourth-order valence-corrected chi connectivity index (χ4v) is 5.52. The second-order valence-electron chi connectivity index (χ2n) is 7.71. The molecular formula is C20H21N3O3S2. The summed E-state index contributed by atoms with van der Waals surface area (Å²) in [6.45, 7) is 8.01. The monoisotopic (exact) mass is 415 g/mol. The summed E-state index contributed by atoms with van der Waals surface area (Å²) in [7, 11) is 0. The smallest absolute Gasteiger partial charge is 0.410 e. The topological polar surface area (TPSA) is 71.5 Å². The van der Waals surface area contributed by atoms with Crippen molar-refractivity contribution in [1.29, 1.82) is 0 Å². The summed E-state index contributed by atoms with van der Waals surface area (Å²) < 4.78 is 6.61. The van der Waals surface area contributed by atoms with Gasteiger partial charge in [0, 0.05) is 11.8 Å². The van der Waals surface area contributed by atoms with Crippen molar-refractivity contribution in [2.45, 2.75) is 46.4 Å². The molecule has 0 saturated carbocycles. The molecule has 0 atom stereocenters. The lowest BCUT2D eigenvalue weighted by Gasteiger charge is -2.24. The number of hydrogen-bond acceptors (Lipinski definition) is 6. The number of anilines is 1. The van der Waals surface area contributed by atoms with Gasteiger partial charge < -0.3 is 10.1 Å². The third-order valence-electron chi connectivity index (χ3n) is 4.22. The van der Waals surface area contributed by atoms with Crippen molar-refractivity contribution in [3.63, 3.8) is 0 Å². The van der Waals surface area contributed by atoms with Gasteiger partial charge in [0.1, 0.15) is 15.6 Å². The van der Waals surface area contributed by atoms with Crippen LogP contribution < -0.4 is 5.32 Å². The van der Waals surface area contributed by atoms with E-state index in [1.807, 2.05) is 45.0 Å². The van der Waals surface area contributed by atoms with E-state index in [1.165, 1.54) is 18.3 Å². The lowest BCUT2D eigenvalue weighted by atomic mass is 10.1. The van der Waals surface area contributed by atoms with Gasteiger partial charge in [0.05, 0.1) is 28.9 Å². The Labute approximate surface area is 171 Å². The minimum absolute atomic E-state index is 0.119. The Hall–Kier alpha value is -2.45. The number of nitrogens with one attached hydrogen (secondary N) is 1. The van der Waals surface area contributed by atoms with E-state index in [4.69, 9.17) is 9.72 Å². The number of amides is 2. The number of carbonyl (C=O) groups is 2. The number of thiazole rings is 1. The van der Waals surface area contributed by atoms with Crippen LogP contribution in [-0.4, -0.2) is 27.5 Å². The molecule has 0 spiro atoms. The first kappa shape index (κ1) is 18.9. The summed E-state index contributed by atoms with van der Waals surface area (Å²) in [5.41, 5.74) is 2.35. The van der Waals surface area contributed by atoms with Crippen LogP contribution in [0.2, 0.25) is 0 Å². The van der Waals surface area contributed by atoms with E-state index in [-0.39, 0.29) is 12.0 Å². The van der Waals surface area contributed by atoms with Crippen LogP contribution in [0.5, 0.6) is 0 Å². The van der Waals surface area contributed by atoms with E-state index in [9.17, 15) is 9.59 Å². The molecule has 1 aliphatic heterocycles. The maximum Gasteiger partial charge on any atom is 0.410 e. The first-order valence-corrected chi connectivity index (χ1v) is 10.6. The highest BCUT2D eigenvalue weighted by atomic mass is 32.1. The van der Waals surface area contributed by atoms with Gasteiger partial charge >= 0.3 is 6.09 Å². The van der Waals surface area contributed by atoms with Crippen molar-refractivity contribution in [2.75, 3.05) is 5.32 Å². The third-order valence-corrected chi connectivity index (χ3v) is 6.41. The molecule has 146 valence electrons. The number of para-hydroxylation sites is 1. The summed E-state index contributed by atoms with van der Waals surface area (Å²) in [6.07, 6.45) is -0.327. The fourth-order valence-electron chi connectivity index (χ4n) is 3.14. The highest BCUT2D eigenvalue weighted by Crippen LogP contribution is 2.47. The van der Waals surface area contributed by atoms with E-state index >= 15 is 0 Å². The molecule has 0 aliphatic carbocycles. The lowest BCUT2D eigenvalue weighted by molar-refractivity contribution is -0.114. The number of ether oxygens (including phenoxy) is 1. The number of fused-ring (bicyclic) bond motifs is 2. The molecule has 0 radical (unpaired) electrons. The predicted octanol–water partition coefficient (Wildman–Crippen LogP) is 5.23. The Morgan fingerprint density at radius 3 is 2.61 bits per heavy atom. The van der Waals surface area contributed by atoms with Gasteiger partial charge in [-0.05, 0) is 38.5 Å². The van der Waals surface area contributed by atoms with Crippen molar-refractivity contribution >= 4 is 49.9 Å². The second kappa shape index (κ2) is 6.86. The van der Waals surface area contributed by atoms with Gasteiger partial charge in [-0.15, -0.1) is 22.7 Å². The molecule has 8 heteroatoms. The van der Waals surface area contributed by atoms with Gasteiger partial charge in [-0.3, -0.25) is 9.69 Å². The van der Waals surface area contributed by atoms with Crippen LogP contribution in [0.15, 0.2) is 24.3 Å². The van der Waals surface area contributed by atoms with E-state index in [0.717, 1.165) is 36.2 Å². The van der Waals surface area contributed by atoms with Gasteiger partial charge in [0.2, 0.25) is 5.91 Å². The minimum atomic E-state index is -0.537. The molecule has 1 aliphatic rings. The van der Waals surface area contributed by atoms with Gasteiger partial charge in [0.15, 0.2) is 0 Å². The first-order chi connectivity index (χ1) is 13.2. The predicted molar refractivity (Wildman–Crippen MR) is 113 cm³/mol. The van der Waals surface area contributed by atoms with Gasteiger partial charge in [0.25, 0.3) is 0 Å². The standard InChI is InChI=1S/C20H21N3O3S2/c1-11(24)21-17-16(18-22-13-7-5-6-8-14(13)27-18)12-9-23(10-15(12)28-17)19(25)26-20(2,3)4/h5-8H,9-10H2,1-4H3,(H,21,24). The van der Waals surface area contributed by atoms with Crippen molar-refractivity contribution in [3.8, 4) is 10.6 Å². The van der Waals surface area contributed by atoms with E-state index in [1.54, 1.807) is 16.2 Å². The normalized spacial score (nSPS) is 13.6. The molecule has 3 heterocycles. The molecule has 1 aromatic carbocycles. The number of benzene rings is 1. The van der Waals surface area contributed by atoms with Crippen LogP contribution in [0, 0.1) is 0 Å². The SMILES string of the molecule is CC(=O)Nc1sc2c(c1-c1nc3ccccc3s1)CN(C(=O)OC(C)(C)C)C2. The highest BCUT2D eigenvalue weighted by Gasteiger charge is 2.34. The van der Waals surface area contributed by atoms with Gasteiger partial charge in [-0.25, -0.2) is 9.78 Å². The average molecular weight is 416 g/mol. The Balaban J connectivity index is 1.72. The van der Waals surface area contributed by atoms with Crippen LogP contribution in [0.4, 0.5) is 9.80 Å². The quantitative estimate of drug-likeness (QED) is 0.622. The molecule has 0 unspecified atom stereocenters. The first-order valence-electron chi connectivity index (χ1n) is 8.97. The van der Waals surface area contributed by atoms with Crippen molar-refractivity contribution in [3.05, 3.63) is 34.7 Å². The third kappa shape index (κ3) is 3.62. The molecule has 1 N–H and O–H groups in total. The zero-order valence-corrected chi connectivity index (χ0v) is 17.8. The lowest BCUT2D eigenvalue weighted by Crippen LogP contribution is -2.33. The zero-order valence-electron chi connectivity index (χ0n) is 16.2. The van der Waals surface area contributed by atoms with Crippen LogP contribution in [-0.2, 0) is 22.6 Å². The Morgan fingerprint density at radius 2 is 1.93 bits per heavy atom. The van der Waals surface area contributed by atoms with E-state index < -0.39 is 5.60 Å². The zero-order chi connectivity index (χ0) is 20.1. The van der Waals surface area contributed by atoms with Crippen LogP contribution >= 0.6 is 22.7 Å². The van der Waals surface area contributed by atoms with Crippen molar-refractivity contribution in [2.24, 2.45) is 0 Å². The Morgan fingerprint density at radius 1 is 1.18 bits per heavy atom. The van der Waals surface area contributed by atoms with E-state index in [0.29, 0.717) is 13.1 Å². The number of carbonyl (C=O) groups excluding carboxylic acids is 2. The van der Waals surface area contributed by atoms with Gasteiger partial charge in [-0.1, -0.05) is 12.1 Å². The average Bonchev–Trinajstić information content (AvgIpc) is 3.23. The molecule has 28 heavy (non-hydrogen) atoms. The molecule has 3 aromatic rings. The number of nitrogens with zero attached hydrogens (tertiary/aromatic N) is 2. The molecule has 4 rings (SSSR count). The summed E-state index contributed by atoms with van der Waals surface area (Å²) >= 11 is 3.10. The number of aromatic nitrogens is 1. The molecule has 0 bridgehead atoms. The van der Waals surface area contributed by atoms with Gasteiger partial charge in [-0.2, -0.15) is 0 Å². The number of rotatable bonds is 2. The minimum Gasteiger partial charge on any atom is -0.444 e. The summed E-state index contributed by atoms with van der Waals surface area (Å²) in [4.78, 5) is 31.7. The summed E-state index contributed by atoms with van der Waals surface area (Å²) in [5.74, 6) is -0.119. The van der Waals surface area contributed by atoms with Crippen molar-refractivity contribution < 1.29 is 14.3 Å². The molecule has 6 nitrogen and oxygen atoms in total. The molecule has 2 aromatic heterocycles. The van der Waals surface area contributed by atoms with Crippen molar-refractivity contribution in [1.82, 2.24) is 9.88 Å². The Bertz CT molecular complexity index is 1050. The summed E-state index contributed by atoms with van der Waals surface area (Å²) in [6, 6.07) is 7.96. The second-order valence-corrected chi connectivity index (χ2v) is 9.85. The largest absolute Gasteiger partial charge is 0.444 e. The maximum absolute atomic E-state index is 12.5. The van der Waals surface area contributed by atoms with Crippen LogP contribution in [0.3, 0.4) is 0 Å². The maximum atomic E-state index is 12.5.